The molecule has 3 rings (SSSR count). The first-order valence-electron chi connectivity index (χ1n) is 10.8. The minimum Gasteiger partial charge on any atom is -0.364 e. The van der Waals surface area contributed by atoms with E-state index in [-0.39, 0.29) is 5.91 Å². The van der Waals surface area contributed by atoms with Crippen molar-refractivity contribution in [3.63, 3.8) is 0 Å². The van der Waals surface area contributed by atoms with Gasteiger partial charge < -0.3 is 4.90 Å². The van der Waals surface area contributed by atoms with E-state index in [0.717, 1.165) is 31.9 Å². The molecule has 154 valence electrons. The molecule has 2 aromatic heterocycles. The van der Waals surface area contributed by atoms with Crippen molar-refractivity contribution >= 4 is 5.91 Å². The largest absolute Gasteiger partial charge is 0.406 e. The Morgan fingerprint density at radius 3 is 2.28 bits per heavy atom. The second-order valence-corrected chi connectivity index (χ2v) is 7.82. The summed E-state index contributed by atoms with van der Waals surface area (Å²) >= 11 is 0. The van der Waals surface area contributed by atoms with Gasteiger partial charge in [-0.2, -0.15) is 0 Å². The number of carbonyl (C=O) groups excluding carboxylic acids is 1. The molecule has 29 heavy (non-hydrogen) atoms. The molecular weight excluding hydrogens is 360 g/mol. The summed E-state index contributed by atoms with van der Waals surface area (Å²) in [4.78, 5) is 16.8. The summed E-state index contributed by atoms with van der Waals surface area (Å²) in [7, 11) is 0. The van der Waals surface area contributed by atoms with Crippen LogP contribution in [0.15, 0.2) is 61.8 Å². The van der Waals surface area contributed by atoms with E-state index in [1.165, 1.54) is 37.7 Å². The third kappa shape index (κ3) is 6.23. The summed E-state index contributed by atoms with van der Waals surface area (Å²) in [5.41, 5.74) is 2.30. The predicted molar refractivity (Wildman–Crippen MR) is 115 cm³/mol. The normalized spacial score (nSPS) is 14.3. The third-order valence-electron chi connectivity index (χ3n) is 5.56. The Balaban J connectivity index is 1.51. The average Bonchev–Trinajstić information content (AvgIpc) is 3.22. The number of rotatable bonds is 10. The SMILES string of the molecule is C=CN1CCN(CC(=O)[n+]2ccc(-c3cc[n+](CCCCCCC)cc3)cc2)C1. The predicted octanol–water partition coefficient (Wildman–Crippen LogP) is 3.26. The van der Waals surface area contributed by atoms with E-state index in [1.807, 2.05) is 30.7 Å². The van der Waals surface area contributed by atoms with Gasteiger partial charge in [-0.25, -0.2) is 9.36 Å². The molecule has 0 atom stereocenters. The first kappa shape index (κ1) is 21.2. The van der Waals surface area contributed by atoms with Gasteiger partial charge in [0.2, 0.25) is 0 Å². The van der Waals surface area contributed by atoms with Crippen molar-refractivity contribution in [2.75, 3.05) is 26.3 Å². The molecule has 3 heterocycles. The second kappa shape index (κ2) is 10.9. The molecule has 1 fully saturated rings. The molecule has 0 amide bonds. The van der Waals surface area contributed by atoms with Gasteiger partial charge in [0, 0.05) is 43.8 Å². The summed E-state index contributed by atoms with van der Waals surface area (Å²) < 4.78 is 3.93. The maximum atomic E-state index is 12.5. The fourth-order valence-corrected chi connectivity index (χ4v) is 3.70. The zero-order valence-corrected chi connectivity index (χ0v) is 17.7. The molecule has 0 aromatic carbocycles. The van der Waals surface area contributed by atoms with Crippen molar-refractivity contribution in [1.82, 2.24) is 9.80 Å². The number of hydrogen-bond donors (Lipinski definition) is 0. The van der Waals surface area contributed by atoms with E-state index in [0.29, 0.717) is 6.54 Å². The van der Waals surface area contributed by atoms with Crippen LogP contribution in [0.4, 0.5) is 0 Å². The van der Waals surface area contributed by atoms with Crippen molar-refractivity contribution in [1.29, 1.82) is 0 Å². The Morgan fingerprint density at radius 1 is 1.00 bits per heavy atom. The highest BCUT2D eigenvalue weighted by Crippen LogP contribution is 2.15. The lowest BCUT2D eigenvalue weighted by Gasteiger charge is -2.13. The molecule has 5 nitrogen and oxygen atoms in total. The molecule has 1 aliphatic heterocycles. The summed E-state index contributed by atoms with van der Waals surface area (Å²) in [6.07, 6.45) is 16.4. The Bertz CT molecular complexity index is 786. The van der Waals surface area contributed by atoms with Crippen LogP contribution in [0.5, 0.6) is 0 Å². The maximum Gasteiger partial charge on any atom is 0.406 e. The molecule has 0 spiro atoms. The van der Waals surface area contributed by atoms with Crippen molar-refractivity contribution in [3.8, 4) is 11.1 Å². The minimum atomic E-state index is 0.0939. The first-order chi connectivity index (χ1) is 14.2. The fraction of sp³-hybridized carbons (Fsp3) is 0.458. The Kier molecular flexibility index (Phi) is 7.94. The van der Waals surface area contributed by atoms with E-state index < -0.39 is 0 Å². The number of hydrogen-bond acceptors (Lipinski definition) is 3. The van der Waals surface area contributed by atoms with Crippen LogP contribution in [-0.2, 0) is 6.54 Å². The van der Waals surface area contributed by atoms with Gasteiger partial charge >= 0.3 is 5.91 Å². The number of aromatic nitrogens is 2. The first-order valence-corrected chi connectivity index (χ1v) is 10.8. The molecule has 2 aromatic rings. The van der Waals surface area contributed by atoms with Crippen molar-refractivity contribution < 1.29 is 13.9 Å². The van der Waals surface area contributed by atoms with Crippen LogP contribution in [0.2, 0.25) is 0 Å². The lowest BCUT2D eigenvalue weighted by atomic mass is 10.1. The van der Waals surface area contributed by atoms with Gasteiger partial charge in [0.15, 0.2) is 24.8 Å². The Morgan fingerprint density at radius 2 is 1.66 bits per heavy atom. The molecule has 0 unspecified atom stereocenters. The number of nitrogens with zero attached hydrogens (tertiary/aromatic N) is 4. The molecule has 1 saturated heterocycles. The van der Waals surface area contributed by atoms with E-state index in [1.54, 1.807) is 4.57 Å². The van der Waals surface area contributed by atoms with Crippen LogP contribution in [0.3, 0.4) is 0 Å². The van der Waals surface area contributed by atoms with E-state index in [4.69, 9.17) is 0 Å². The highest BCUT2D eigenvalue weighted by atomic mass is 16.2. The van der Waals surface area contributed by atoms with Gasteiger partial charge in [-0.05, 0) is 23.7 Å². The van der Waals surface area contributed by atoms with Gasteiger partial charge in [-0.3, -0.25) is 4.90 Å². The zero-order valence-electron chi connectivity index (χ0n) is 17.7. The van der Waals surface area contributed by atoms with Crippen LogP contribution >= 0.6 is 0 Å². The van der Waals surface area contributed by atoms with Gasteiger partial charge in [0.1, 0.15) is 13.1 Å². The summed E-state index contributed by atoms with van der Waals surface area (Å²) in [5, 5.41) is 0. The van der Waals surface area contributed by atoms with E-state index in [2.05, 4.69) is 52.4 Å². The van der Waals surface area contributed by atoms with Gasteiger partial charge in [-0.1, -0.05) is 32.8 Å². The van der Waals surface area contributed by atoms with E-state index >= 15 is 0 Å². The van der Waals surface area contributed by atoms with Crippen LogP contribution in [0.25, 0.3) is 11.1 Å². The zero-order chi connectivity index (χ0) is 20.5. The topological polar surface area (TPSA) is 31.3 Å². The monoisotopic (exact) mass is 394 g/mol. The summed E-state index contributed by atoms with van der Waals surface area (Å²) in [6, 6.07) is 8.34. The Hall–Kier alpha value is -2.53. The Labute approximate surface area is 174 Å². The number of unbranched alkanes of at least 4 members (excludes halogenated alkanes) is 4. The third-order valence-corrected chi connectivity index (χ3v) is 5.56. The van der Waals surface area contributed by atoms with Crippen LogP contribution in [-0.4, -0.2) is 42.0 Å². The highest BCUT2D eigenvalue weighted by molar-refractivity contribution is 5.69. The van der Waals surface area contributed by atoms with E-state index in [9.17, 15) is 4.79 Å². The average molecular weight is 395 g/mol. The maximum absolute atomic E-state index is 12.5. The lowest BCUT2D eigenvalue weighted by molar-refractivity contribution is -0.697. The molecule has 1 aliphatic rings. The van der Waals surface area contributed by atoms with Crippen LogP contribution < -0.4 is 9.13 Å². The number of aryl methyl sites for hydroxylation is 1. The molecule has 0 aliphatic carbocycles. The van der Waals surface area contributed by atoms with Crippen LogP contribution in [0, 0.1) is 0 Å². The fourth-order valence-electron chi connectivity index (χ4n) is 3.70. The molecule has 0 saturated carbocycles. The molecule has 0 N–H and O–H groups in total. The van der Waals surface area contributed by atoms with Gasteiger partial charge in [-0.15, -0.1) is 4.57 Å². The summed E-state index contributed by atoms with van der Waals surface area (Å²) in [6.45, 7) is 10.2. The second-order valence-electron chi connectivity index (χ2n) is 7.82. The smallest absolute Gasteiger partial charge is 0.364 e. The molecule has 0 bridgehead atoms. The van der Waals surface area contributed by atoms with Gasteiger partial charge in [0.25, 0.3) is 0 Å². The van der Waals surface area contributed by atoms with Crippen molar-refractivity contribution in [2.45, 2.75) is 45.6 Å². The quantitative estimate of drug-likeness (QED) is 0.458. The molecule has 0 radical (unpaired) electrons. The lowest BCUT2D eigenvalue weighted by Crippen LogP contribution is -2.48. The number of pyridine rings is 2. The molecular formula is C24H34N4O+2. The minimum absolute atomic E-state index is 0.0939. The summed E-state index contributed by atoms with van der Waals surface area (Å²) in [5.74, 6) is 0.0939. The number of carbonyl (C=O) groups is 1. The highest BCUT2D eigenvalue weighted by Gasteiger charge is 2.24. The molecule has 5 heteroatoms. The van der Waals surface area contributed by atoms with Crippen molar-refractivity contribution in [3.05, 3.63) is 61.8 Å². The standard InChI is InChI=1S/C24H34N4O/c1-3-5-6-7-8-13-26-14-9-22(10-15-26)23-11-16-28(17-12-23)24(29)20-27-19-18-25(4-2)21-27/h4,9-12,14-17H,2-3,5-8,13,18-21H2,1H3/q+2. The van der Waals surface area contributed by atoms with Crippen LogP contribution in [0.1, 0.15) is 43.8 Å². The van der Waals surface area contributed by atoms with Gasteiger partial charge in [0.05, 0.1) is 6.67 Å². The van der Waals surface area contributed by atoms with Crippen molar-refractivity contribution in [2.24, 2.45) is 0 Å².